The zero-order chi connectivity index (χ0) is 12.4. The van der Waals surface area contributed by atoms with Crippen molar-refractivity contribution in [2.45, 2.75) is 0 Å². The fourth-order valence-electron chi connectivity index (χ4n) is 1.27. The van der Waals surface area contributed by atoms with Crippen LogP contribution in [0.5, 0.6) is 0 Å². The Balaban J connectivity index is 2.29. The third-order valence-corrected chi connectivity index (χ3v) is 3.26. The number of hydrogen-bond acceptors (Lipinski definition) is 4. The van der Waals surface area contributed by atoms with Crippen molar-refractivity contribution in [3.8, 4) is 0 Å². The fourth-order valence-corrected chi connectivity index (χ4v) is 2.28. The molecule has 0 aliphatic rings. The van der Waals surface area contributed by atoms with Gasteiger partial charge in [0, 0.05) is 24.7 Å². The number of nitrogens with zero attached hydrogens (tertiary/aromatic N) is 3. The molecule has 0 aliphatic carbocycles. The Kier molecular flexibility index (Phi) is 3.46. The number of carbonyl (C=O) groups excluding carboxylic acids is 1. The van der Waals surface area contributed by atoms with E-state index in [0.717, 1.165) is 10.0 Å². The first kappa shape index (κ1) is 12.1. The van der Waals surface area contributed by atoms with Gasteiger partial charge in [0.1, 0.15) is 0 Å². The highest BCUT2D eigenvalue weighted by Crippen LogP contribution is 2.22. The maximum absolute atomic E-state index is 11.5. The second-order valence-electron chi connectivity index (χ2n) is 3.20. The minimum absolute atomic E-state index is 0.270. The van der Waals surface area contributed by atoms with Crippen LogP contribution in [0.3, 0.4) is 0 Å². The SMILES string of the molecule is CON(C)C(=O)/C=C/c1c(Cl)nc2sccn12. The Hall–Kier alpha value is -1.37. The molecule has 2 aromatic rings. The van der Waals surface area contributed by atoms with Crippen molar-refractivity contribution in [2.24, 2.45) is 0 Å². The van der Waals surface area contributed by atoms with E-state index >= 15 is 0 Å². The molecule has 5 nitrogen and oxygen atoms in total. The first-order valence-electron chi connectivity index (χ1n) is 4.74. The molecule has 0 aliphatic heterocycles. The number of fused-ring (bicyclic) bond motifs is 1. The highest BCUT2D eigenvalue weighted by Gasteiger charge is 2.09. The van der Waals surface area contributed by atoms with E-state index in [-0.39, 0.29) is 5.91 Å². The van der Waals surface area contributed by atoms with Crippen molar-refractivity contribution in [3.63, 3.8) is 0 Å². The first-order valence-corrected chi connectivity index (χ1v) is 6.00. The molecule has 90 valence electrons. The van der Waals surface area contributed by atoms with Gasteiger partial charge in [0.25, 0.3) is 5.91 Å². The number of hydroxylamine groups is 2. The minimum atomic E-state index is -0.270. The van der Waals surface area contributed by atoms with E-state index in [0.29, 0.717) is 10.8 Å². The second-order valence-corrected chi connectivity index (χ2v) is 4.43. The summed E-state index contributed by atoms with van der Waals surface area (Å²) in [5.74, 6) is -0.270. The van der Waals surface area contributed by atoms with E-state index in [1.807, 2.05) is 16.0 Å². The summed E-state index contributed by atoms with van der Waals surface area (Å²) in [5.41, 5.74) is 0.681. The summed E-state index contributed by atoms with van der Waals surface area (Å²) in [6, 6.07) is 0. The average molecular weight is 272 g/mol. The zero-order valence-corrected chi connectivity index (χ0v) is 10.8. The molecule has 0 unspecified atom stereocenters. The molecule has 0 saturated carbocycles. The van der Waals surface area contributed by atoms with Crippen molar-refractivity contribution in [2.75, 3.05) is 14.2 Å². The first-order chi connectivity index (χ1) is 8.13. The van der Waals surface area contributed by atoms with Crippen LogP contribution in [-0.4, -0.2) is 34.5 Å². The number of likely N-dealkylation sites (N-methyl/N-ethyl adjacent to an activating group) is 1. The molecule has 0 radical (unpaired) electrons. The maximum Gasteiger partial charge on any atom is 0.269 e. The standard InChI is InChI=1S/C10H10ClN3O2S/c1-13(16-2)8(15)4-3-7-9(11)12-10-14(7)5-6-17-10/h3-6H,1-2H3/b4-3+. The lowest BCUT2D eigenvalue weighted by molar-refractivity contribution is -0.162. The van der Waals surface area contributed by atoms with E-state index in [1.165, 1.54) is 31.6 Å². The minimum Gasteiger partial charge on any atom is -0.289 e. The van der Waals surface area contributed by atoms with Crippen LogP contribution in [0.2, 0.25) is 5.15 Å². The second kappa shape index (κ2) is 4.87. The third kappa shape index (κ3) is 2.33. The Morgan fingerprint density at radius 3 is 3.18 bits per heavy atom. The molecular weight excluding hydrogens is 262 g/mol. The van der Waals surface area contributed by atoms with Gasteiger partial charge in [-0.1, -0.05) is 11.6 Å². The number of hydrogen-bond donors (Lipinski definition) is 0. The summed E-state index contributed by atoms with van der Waals surface area (Å²) in [6.07, 6.45) is 4.85. The van der Waals surface area contributed by atoms with Gasteiger partial charge < -0.3 is 0 Å². The zero-order valence-electron chi connectivity index (χ0n) is 9.25. The van der Waals surface area contributed by atoms with Gasteiger partial charge in [-0.15, -0.1) is 11.3 Å². The van der Waals surface area contributed by atoms with Gasteiger partial charge >= 0.3 is 0 Å². The molecule has 2 aromatic heterocycles. The smallest absolute Gasteiger partial charge is 0.269 e. The van der Waals surface area contributed by atoms with Crippen LogP contribution in [0.1, 0.15) is 5.69 Å². The molecule has 0 aromatic carbocycles. The quantitative estimate of drug-likeness (QED) is 0.634. The number of thiazole rings is 1. The summed E-state index contributed by atoms with van der Waals surface area (Å²) in [6.45, 7) is 0. The third-order valence-electron chi connectivity index (χ3n) is 2.22. The molecule has 0 atom stereocenters. The molecule has 1 amide bonds. The van der Waals surface area contributed by atoms with Gasteiger partial charge in [0.15, 0.2) is 10.1 Å². The van der Waals surface area contributed by atoms with Gasteiger partial charge in [-0.05, 0) is 6.08 Å². The van der Waals surface area contributed by atoms with Crippen LogP contribution in [0.4, 0.5) is 0 Å². The summed E-state index contributed by atoms with van der Waals surface area (Å²) >= 11 is 7.45. The Labute approximate surface area is 107 Å². The van der Waals surface area contributed by atoms with Crippen molar-refractivity contribution >= 4 is 39.9 Å². The van der Waals surface area contributed by atoms with Gasteiger partial charge in [-0.2, -0.15) is 0 Å². The molecule has 0 saturated heterocycles. The monoisotopic (exact) mass is 271 g/mol. The number of carbonyl (C=O) groups is 1. The summed E-state index contributed by atoms with van der Waals surface area (Å²) in [7, 11) is 2.96. The molecular formula is C10H10ClN3O2S. The summed E-state index contributed by atoms with van der Waals surface area (Å²) < 4.78 is 1.82. The predicted molar refractivity (Wildman–Crippen MR) is 66.9 cm³/mol. The molecule has 7 heteroatoms. The Morgan fingerprint density at radius 2 is 2.47 bits per heavy atom. The highest BCUT2D eigenvalue weighted by molar-refractivity contribution is 7.15. The van der Waals surface area contributed by atoms with Crippen molar-refractivity contribution in [3.05, 3.63) is 28.5 Å². The topological polar surface area (TPSA) is 46.8 Å². The number of aromatic nitrogens is 2. The van der Waals surface area contributed by atoms with E-state index < -0.39 is 0 Å². The van der Waals surface area contributed by atoms with E-state index in [2.05, 4.69) is 4.98 Å². The van der Waals surface area contributed by atoms with Crippen LogP contribution in [0.25, 0.3) is 11.0 Å². The van der Waals surface area contributed by atoms with Gasteiger partial charge in [0.05, 0.1) is 12.8 Å². The molecule has 0 spiro atoms. The molecule has 0 bridgehead atoms. The highest BCUT2D eigenvalue weighted by atomic mass is 35.5. The normalized spacial score (nSPS) is 11.5. The summed E-state index contributed by atoms with van der Waals surface area (Å²) in [4.78, 5) is 21.2. The Morgan fingerprint density at radius 1 is 1.71 bits per heavy atom. The number of rotatable bonds is 3. The van der Waals surface area contributed by atoms with Gasteiger partial charge in [0.2, 0.25) is 0 Å². The van der Waals surface area contributed by atoms with Crippen molar-refractivity contribution < 1.29 is 9.63 Å². The van der Waals surface area contributed by atoms with Crippen LogP contribution in [0.15, 0.2) is 17.7 Å². The van der Waals surface area contributed by atoms with Crippen LogP contribution in [-0.2, 0) is 9.63 Å². The van der Waals surface area contributed by atoms with E-state index in [1.54, 1.807) is 6.08 Å². The number of imidazole rings is 1. The molecule has 2 heterocycles. The van der Waals surface area contributed by atoms with Gasteiger partial charge in [-0.3, -0.25) is 14.0 Å². The van der Waals surface area contributed by atoms with Gasteiger partial charge in [-0.25, -0.2) is 10.0 Å². The van der Waals surface area contributed by atoms with Crippen molar-refractivity contribution in [1.82, 2.24) is 14.4 Å². The maximum atomic E-state index is 11.5. The summed E-state index contributed by atoms with van der Waals surface area (Å²) in [5, 5.41) is 3.40. The Bertz CT molecular complexity index is 575. The lowest BCUT2D eigenvalue weighted by Crippen LogP contribution is -2.22. The molecule has 0 N–H and O–H groups in total. The number of halogens is 1. The molecule has 2 rings (SSSR count). The predicted octanol–water partition coefficient (Wildman–Crippen LogP) is 2.08. The number of amides is 1. The molecule has 0 fully saturated rings. The lowest BCUT2D eigenvalue weighted by Gasteiger charge is -2.09. The van der Waals surface area contributed by atoms with Crippen LogP contribution < -0.4 is 0 Å². The average Bonchev–Trinajstić information content (AvgIpc) is 2.86. The van der Waals surface area contributed by atoms with Crippen LogP contribution >= 0.6 is 22.9 Å². The van der Waals surface area contributed by atoms with E-state index in [9.17, 15) is 4.79 Å². The fraction of sp³-hybridized carbons (Fsp3) is 0.200. The van der Waals surface area contributed by atoms with E-state index in [4.69, 9.17) is 16.4 Å². The molecule has 17 heavy (non-hydrogen) atoms. The van der Waals surface area contributed by atoms with Crippen molar-refractivity contribution in [1.29, 1.82) is 0 Å². The van der Waals surface area contributed by atoms with Crippen LogP contribution in [0, 0.1) is 0 Å². The lowest BCUT2D eigenvalue weighted by atomic mass is 10.4. The largest absolute Gasteiger partial charge is 0.289 e.